The van der Waals surface area contributed by atoms with E-state index >= 15 is 0 Å². The van der Waals surface area contributed by atoms with Gasteiger partial charge < -0.3 is 14.4 Å². The fourth-order valence-corrected chi connectivity index (χ4v) is 3.57. The third kappa shape index (κ3) is 3.43. The van der Waals surface area contributed by atoms with Crippen LogP contribution in [0.25, 0.3) is 0 Å². The lowest BCUT2D eigenvalue weighted by Crippen LogP contribution is -2.53. The lowest BCUT2D eigenvalue weighted by molar-refractivity contribution is -0.134. The summed E-state index contributed by atoms with van der Waals surface area (Å²) in [5, 5.41) is 11.6. The van der Waals surface area contributed by atoms with E-state index in [1.54, 1.807) is 13.0 Å². The summed E-state index contributed by atoms with van der Waals surface area (Å²) in [7, 11) is 0. The number of nitriles is 1. The minimum absolute atomic E-state index is 0.0886. The van der Waals surface area contributed by atoms with Crippen molar-refractivity contribution in [3.63, 3.8) is 0 Å². The van der Waals surface area contributed by atoms with E-state index in [0.29, 0.717) is 26.0 Å². The molecule has 0 aliphatic carbocycles. The van der Waals surface area contributed by atoms with Crippen molar-refractivity contribution in [2.45, 2.75) is 25.4 Å². The second-order valence-electron chi connectivity index (χ2n) is 6.22. The molecule has 3 rings (SSSR count). The smallest absolute Gasteiger partial charge is 0.412 e. The van der Waals surface area contributed by atoms with Gasteiger partial charge in [0.25, 0.3) is 5.91 Å². The van der Waals surface area contributed by atoms with Crippen LogP contribution in [0.3, 0.4) is 0 Å². The van der Waals surface area contributed by atoms with Gasteiger partial charge in [0, 0.05) is 6.54 Å². The van der Waals surface area contributed by atoms with Gasteiger partial charge in [0.2, 0.25) is 0 Å². The Morgan fingerprint density at radius 1 is 1.59 bits per heavy atom. The maximum Gasteiger partial charge on any atom is 0.412 e. The molecule has 1 fully saturated rings. The van der Waals surface area contributed by atoms with E-state index in [9.17, 15) is 19.2 Å². The summed E-state index contributed by atoms with van der Waals surface area (Å²) in [4.78, 5) is 26.1. The Balaban J connectivity index is 1.99. The first-order chi connectivity index (χ1) is 12.9. The van der Waals surface area contributed by atoms with E-state index < -0.39 is 23.4 Å². The number of ether oxygens (including phenoxy) is 2. The van der Waals surface area contributed by atoms with Crippen molar-refractivity contribution in [2.75, 3.05) is 25.0 Å². The van der Waals surface area contributed by atoms with E-state index in [-0.39, 0.29) is 28.4 Å². The van der Waals surface area contributed by atoms with Crippen LogP contribution in [-0.2, 0) is 19.9 Å². The molecule has 1 unspecified atom stereocenters. The molecule has 1 atom stereocenters. The third-order valence-electron chi connectivity index (χ3n) is 4.54. The number of amides is 2. The molecule has 1 saturated heterocycles. The lowest BCUT2D eigenvalue weighted by Gasteiger charge is -2.45. The Kier molecular flexibility index (Phi) is 5.24. The molecule has 7 nitrogen and oxygen atoms in total. The summed E-state index contributed by atoms with van der Waals surface area (Å²) >= 11 is 5.92. The fraction of sp³-hybridized carbons (Fsp3) is 0.389. The predicted molar refractivity (Wildman–Crippen MR) is 94.3 cm³/mol. The summed E-state index contributed by atoms with van der Waals surface area (Å²) in [5.41, 5.74) is -1.18. The standard InChI is InChI=1S/C18H17ClFN3O4/c1-2-26-9-11(8-21)16(24)23-7-3-6-18(10-23)14-13(22-17(25)27-18)5-4-12(19)15(14)20/h4-5,9H,2-3,6-7,10H2,1H3,(H,22,25). The zero-order chi connectivity index (χ0) is 19.6. The minimum Gasteiger partial charge on any atom is -0.500 e. The first kappa shape index (κ1) is 19.0. The largest absolute Gasteiger partial charge is 0.500 e. The highest BCUT2D eigenvalue weighted by molar-refractivity contribution is 6.31. The monoisotopic (exact) mass is 393 g/mol. The molecule has 1 N–H and O–H groups in total. The SMILES string of the molecule is CCOC=C(C#N)C(=O)N1CCCC2(C1)OC(=O)Nc1ccc(Cl)c(F)c12. The Labute approximate surface area is 160 Å². The second-order valence-corrected chi connectivity index (χ2v) is 6.63. The van der Waals surface area contributed by atoms with Gasteiger partial charge in [-0.15, -0.1) is 0 Å². The maximum atomic E-state index is 14.8. The van der Waals surface area contributed by atoms with Crippen molar-refractivity contribution < 1.29 is 23.5 Å². The molecular formula is C18H17ClFN3O4. The number of likely N-dealkylation sites (tertiary alicyclic amines) is 1. The van der Waals surface area contributed by atoms with Crippen LogP contribution in [0.5, 0.6) is 0 Å². The lowest BCUT2D eigenvalue weighted by atomic mass is 9.83. The van der Waals surface area contributed by atoms with Crippen LogP contribution in [0.4, 0.5) is 14.9 Å². The van der Waals surface area contributed by atoms with Crippen molar-refractivity contribution in [3.05, 3.63) is 40.4 Å². The van der Waals surface area contributed by atoms with E-state index in [2.05, 4.69) is 5.32 Å². The maximum absolute atomic E-state index is 14.8. The molecule has 1 aromatic carbocycles. The molecule has 2 amide bonds. The number of nitrogens with zero attached hydrogens (tertiary/aromatic N) is 2. The Morgan fingerprint density at radius 3 is 3.07 bits per heavy atom. The number of halogens is 2. The highest BCUT2D eigenvalue weighted by Gasteiger charge is 2.48. The molecule has 0 saturated carbocycles. The van der Waals surface area contributed by atoms with Crippen LogP contribution in [0.2, 0.25) is 5.02 Å². The van der Waals surface area contributed by atoms with Crippen molar-refractivity contribution in [2.24, 2.45) is 0 Å². The Bertz CT molecular complexity index is 867. The number of carbonyl (C=O) groups is 2. The van der Waals surface area contributed by atoms with Crippen molar-refractivity contribution >= 4 is 29.3 Å². The number of hydrogen-bond donors (Lipinski definition) is 1. The van der Waals surface area contributed by atoms with E-state index in [0.717, 1.165) is 6.26 Å². The molecule has 142 valence electrons. The normalized spacial score (nSPS) is 21.8. The molecule has 9 heteroatoms. The van der Waals surface area contributed by atoms with Crippen LogP contribution < -0.4 is 5.32 Å². The molecule has 1 aromatic rings. The highest BCUT2D eigenvalue weighted by atomic mass is 35.5. The van der Waals surface area contributed by atoms with Crippen LogP contribution >= 0.6 is 11.6 Å². The molecule has 0 bridgehead atoms. The number of hydrogen-bond acceptors (Lipinski definition) is 5. The summed E-state index contributed by atoms with van der Waals surface area (Å²) in [6, 6.07) is 4.65. The number of rotatable bonds is 3. The minimum atomic E-state index is -1.37. The number of fused-ring (bicyclic) bond motifs is 2. The zero-order valence-corrected chi connectivity index (χ0v) is 15.3. The molecule has 27 heavy (non-hydrogen) atoms. The quantitative estimate of drug-likeness (QED) is 0.483. The molecular weight excluding hydrogens is 377 g/mol. The summed E-state index contributed by atoms with van der Waals surface area (Å²) in [5.74, 6) is -1.27. The molecule has 0 aromatic heterocycles. The molecule has 2 aliphatic rings. The second kappa shape index (κ2) is 7.45. The van der Waals surface area contributed by atoms with Gasteiger partial charge in [-0.3, -0.25) is 10.1 Å². The zero-order valence-electron chi connectivity index (χ0n) is 14.6. The van der Waals surface area contributed by atoms with Crippen molar-refractivity contribution in [1.82, 2.24) is 4.90 Å². The van der Waals surface area contributed by atoms with Gasteiger partial charge in [-0.2, -0.15) is 5.26 Å². The van der Waals surface area contributed by atoms with Gasteiger partial charge >= 0.3 is 6.09 Å². The third-order valence-corrected chi connectivity index (χ3v) is 4.83. The van der Waals surface area contributed by atoms with E-state index in [1.807, 2.05) is 0 Å². The average Bonchev–Trinajstić information content (AvgIpc) is 2.65. The van der Waals surface area contributed by atoms with E-state index in [1.165, 1.54) is 17.0 Å². The summed E-state index contributed by atoms with van der Waals surface area (Å²) in [6.45, 7) is 2.29. The topological polar surface area (TPSA) is 91.7 Å². The average molecular weight is 394 g/mol. The van der Waals surface area contributed by atoms with Gasteiger partial charge in [-0.1, -0.05) is 11.6 Å². The van der Waals surface area contributed by atoms with Gasteiger partial charge in [0.15, 0.2) is 17.0 Å². The Hall–Kier alpha value is -2.79. The highest BCUT2D eigenvalue weighted by Crippen LogP contribution is 2.45. The number of benzene rings is 1. The summed E-state index contributed by atoms with van der Waals surface area (Å²) in [6.07, 6.45) is 1.15. The molecule has 1 spiro atoms. The van der Waals surface area contributed by atoms with Gasteiger partial charge in [0.05, 0.1) is 29.4 Å². The van der Waals surface area contributed by atoms with Crippen LogP contribution in [0.1, 0.15) is 25.3 Å². The fourth-order valence-electron chi connectivity index (χ4n) is 3.41. The number of nitrogens with one attached hydrogen (secondary N) is 1. The number of carbonyl (C=O) groups excluding carboxylic acids is 2. The first-order valence-corrected chi connectivity index (χ1v) is 8.79. The van der Waals surface area contributed by atoms with Gasteiger partial charge in [0.1, 0.15) is 12.3 Å². The van der Waals surface area contributed by atoms with Crippen LogP contribution in [-0.4, -0.2) is 36.6 Å². The van der Waals surface area contributed by atoms with E-state index in [4.69, 9.17) is 21.1 Å². The predicted octanol–water partition coefficient (Wildman–Crippen LogP) is 3.30. The summed E-state index contributed by atoms with van der Waals surface area (Å²) < 4.78 is 25.3. The van der Waals surface area contributed by atoms with Crippen molar-refractivity contribution in [3.8, 4) is 6.07 Å². The number of anilines is 1. The van der Waals surface area contributed by atoms with Crippen LogP contribution in [0, 0.1) is 17.1 Å². The first-order valence-electron chi connectivity index (χ1n) is 8.41. The molecule has 2 aliphatic heterocycles. The molecule has 2 heterocycles. The van der Waals surface area contributed by atoms with Gasteiger partial charge in [-0.25, -0.2) is 9.18 Å². The van der Waals surface area contributed by atoms with Crippen molar-refractivity contribution in [1.29, 1.82) is 5.26 Å². The van der Waals surface area contributed by atoms with Gasteiger partial charge in [-0.05, 0) is 31.9 Å². The van der Waals surface area contributed by atoms with Crippen LogP contribution in [0.15, 0.2) is 24.0 Å². The number of piperidine rings is 1. The molecule has 0 radical (unpaired) electrons. The Morgan fingerprint density at radius 2 is 2.37 bits per heavy atom.